The highest BCUT2D eigenvalue weighted by Gasteiger charge is 2.12. The van der Waals surface area contributed by atoms with Crippen molar-refractivity contribution in [2.24, 2.45) is 0 Å². The summed E-state index contributed by atoms with van der Waals surface area (Å²) in [4.78, 5) is 24.7. The third-order valence-electron chi connectivity index (χ3n) is 4.56. The number of carbonyl (C=O) groups is 2. The van der Waals surface area contributed by atoms with Gasteiger partial charge in [0.1, 0.15) is 0 Å². The molecule has 7 heteroatoms. The van der Waals surface area contributed by atoms with E-state index in [9.17, 15) is 18.0 Å². The number of amides is 2. The average molecular weight is 410 g/mol. The zero-order valence-corrected chi connectivity index (χ0v) is 17.0. The Hall–Kier alpha value is -3.19. The second kappa shape index (κ2) is 8.45. The van der Waals surface area contributed by atoms with Gasteiger partial charge in [0.05, 0.1) is 4.90 Å². The van der Waals surface area contributed by atoms with Crippen LogP contribution in [-0.2, 0) is 14.6 Å². The fourth-order valence-corrected chi connectivity index (χ4v) is 3.55. The molecule has 2 amide bonds. The predicted octanol–water partition coefficient (Wildman–Crippen LogP) is 3.31. The first-order valence-electron chi connectivity index (χ1n) is 9.11. The monoisotopic (exact) mass is 410 g/mol. The number of rotatable bonds is 6. The Labute approximate surface area is 169 Å². The number of fused-ring (bicyclic) bond motifs is 1. The molecule has 0 saturated carbocycles. The number of nitrogens with one attached hydrogen (secondary N) is 2. The SMILES string of the molecule is Cc1ccc(S(C)(=O)=O)cc1NC(=O)CCNC(=O)c1ccc2ccccc2c1. The van der Waals surface area contributed by atoms with Crippen molar-refractivity contribution in [2.45, 2.75) is 18.2 Å². The molecule has 3 aromatic carbocycles. The molecule has 29 heavy (non-hydrogen) atoms. The quantitative estimate of drug-likeness (QED) is 0.652. The van der Waals surface area contributed by atoms with Crippen molar-refractivity contribution in [3.05, 3.63) is 71.8 Å². The molecule has 0 aromatic heterocycles. The van der Waals surface area contributed by atoms with Crippen molar-refractivity contribution in [1.82, 2.24) is 5.32 Å². The molecule has 0 heterocycles. The predicted molar refractivity (Wildman–Crippen MR) is 114 cm³/mol. The molecule has 150 valence electrons. The highest BCUT2D eigenvalue weighted by atomic mass is 32.2. The molecule has 0 aliphatic carbocycles. The second-order valence-electron chi connectivity index (χ2n) is 6.86. The molecular weight excluding hydrogens is 388 g/mol. The molecule has 0 radical (unpaired) electrons. The van der Waals surface area contributed by atoms with Gasteiger partial charge in [0, 0.05) is 30.5 Å². The number of hydrogen-bond acceptors (Lipinski definition) is 4. The molecule has 0 unspecified atom stereocenters. The van der Waals surface area contributed by atoms with Crippen LogP contribution < -0.4 is 10.6 Å². The summed E-state index contributed by atoms with van der Waals surface area (Å²) >= 11 is 0. The topological polar surface area (TPSA) is 92.3 Å². The third kappa shape index (κ3) is 5.20. The van der Waals surface area contributed by atoms with Crippen molar-refractivity contribution >= 4 is 38.1 Å². The second-order valence-corrected chi connectivity index (χ2v) is 8.88. The molecule has 0 bridgehead atoms. The molecule has 6 nitrogen and oxygen atoms in total. The fraction of sp³-hybridized carbons (Fsp3) is 0.182. The first-order valence-corrected chi connectivity index (χ1v) is 11.0. The van der Waals surface area contributed by atoms with Gasteiger partial charge in [0.2, 0.25) is 5.91 Å². The lowest BCUT2D eigenvalue weighted by Gasteiger charge is -2.11. The Kier molecular flexibility index (Phi) is 5.98. The number of sulfone groups is 1. The number of carbonyl (C=O) groups excluding carboxylic acids is 2. The molecular formula is C22H22N2O4S. The smallest absolute Gasteiger partial charge is 0.251 e. The van der Waals surface area contributed by atoms with Crippen LogP contribution in [0.3, 0.4) is 0 Å². The largest absolute Gasteiger partial charge is 0.352 e. The van der Waals surface area contributed by atoms with E-state index in [0.717, 1.165) is 22.6 Å². The van der Waals surface area contributed by atoms with E-state index in [4.69, 9.17) is 0 Å². The van der Waals surface area contributed by atoms with Crippen molar-refractivity contribution in [1.29, 1.82) is 0 Å². The van der Waals surface area contributed by atoms with Crippen LogP contribution in [0.2, 0.25) is 0 Å². The van der Waals surface area contributed by atoms with E-state index < -0.39 is 9.84 Å². The van der Waals surface area contributed by atoms with Gasteiger partial charge in [-0.3, -0.25) is 9.59 Å². The summed E-state index contributed by atoms with van der Waals surface area (Å²) in [5.74, 6) is -0.559. The molecule has 3 rings (SSSR count). The summed E-state index contributed by atoms with van der Waals surface area (Å²) in [6.45, 7) is 1.95. The van der Waals surface area contributed by atoms with Gasteiger partial charge < -0.3 is 10.6 Å². The van der Waals surface area contributed by atoms with Gasteiger partial charge in [-0.1, -0.05) is 36.4 Å². The van der Waals surface area contributed by atoms with Crippen LogP contribution in [0.5, 0.6) is 0 Å². The fourth-order valence-electron chi connectivity index (χ4n) is 2.90. The van der Waals surface area contributed by atoms with Gasteiger partial charge in [0.25, 0.3) is 5.91 Å². The van der Waals surface area contributed by atoms with Crippen LogP contribution in [0.1, 0.15) is 22.3 Å². The number of hydrogen-bond donors (Lipinski definition) is 2. The Morgan fingerprint density at radius 2 is 1.66 bits per heavy atom. The van der Waals surface area contributed by atoms with Crippen molar-refractivity contribution in [2.75, 3.05) is 18.1 Å². The van der Waals surface area contributed by atoms with E-state index in [2.05, 4.69) is 10.6 Å². The van der Waals surface area contributed by atoms with E-state index in [1.54, 1.807) is 19.1 Å². The summed E-state index contributed by atoms with van der Waals surface area (Å²) in [6.07, 6.45) is 1.19. The summed E-state index contributed by atoms with van der Waals surface area (Å²) in [7, 11) is -3.36. The van der Waals surface area contributed by atoms with Gasteiger partial charge in [-0.25, -0.2) is 8.42 Å². The van der Waals surface area contributed by atoms with Gasteiger partial charge >= 0.3 is 0 Å². The zero-order valence-electron chi connectivity index (χ0n) is 16.2. The highest BCUT2D eigenvalue weighted by molar-refractivity contribution is 7.90. The lowest BCUT2D eigenvalue weighted by atomic mass is 10.1. The standard InChI is InChI=1S/C22H22N2O4S/c1-15-7-10-19(29(2,27)28)14-20(15)24-21(25)11-12-23-22(26)18-9-8-16-5-3-4-6-17(16)13-18/h3-10,13-14H,11-12H2,1-2H3,(H,23,26)(H,24,25). The molecule has 0 spiro atoms. The van der Waals surface area contributed by atoms with Crippen LogP contribution >= 0.6 is 0 Å². The Morgan fingerprint density at radius 3 is 2.38 bits per heavy atom. The maximum Gasteiger partial charge on any atom is 0.251 e. The number of benzene rings is 3. The van der Waals surface area contributed by atoms with Gasteiger partial charge in [-0.05, 0) is 47.5 Å². The molecule has 0 saturated heterocycles. The maximum absolute atomic E-state index is 12.3. The van der Waals surface area contributed by atoms with Crippen LogP contribution in [0.4, 0.5) is 5.69 Å². The summed E-state index contributed by atoms with van der Waals surface area (Å²) in [6, 6.07) is 17.8. The average Bonchev–Trinajstić information content (AvgIpc) is 2.68. The first kappa shape index (κ1) is 20.5. The van der Waals surface area contributed by atoms with Crippen LogP contribution in [0, 0.1) is 6.92 Å². The summed E-state index contributed by atoms with van der Waals surface area (Å²) < 4.78 is 23.4. The number of anilines is 1. The third-order valence-corrected chi connectivity index (χ3v) is 5.67. The summed E-state index contributed by atoms with van der Waals surface area (Å²) in [5.41, 5.74) is 1.73. The van der Waals surface area contributed by atoms with E-state index in [0.29, 0.717) is 11.3 Å². The van der Waals surface area contributed by atoms with Crippen molar-refractivity contribution < 1.29 is 18.0 Å². The van der Waals surface area contributed by atoms with E-state index >= 15 is 0 Å². The molecule has 0 atom stereocenters. The molecule has 0 aliphatic heterocycles. The first-order chi connectivity index (χ1) is 13.7. The van der Waals surface area contributed by atoms with Gasteiger partial charge in [-0.15, -0.1) is 0 Å². The van der Waals surface area contributed by atoms with Crippen LogP contribution in [-0.4, -0.2) is 33.0 Å². The normalized spacial score (nSPS) is 11.2. The minimum absolute atomic E-state index is 0.0713. The maximum atomic E-state index is 12.3. The van der Waals surface area contributed by atoms with Crippen LogP contribution in [0.15, 0.2) is 65.6 Å². The van der Waals surface area contributed by atoms with E-state index in [1.165, 1.54) is 12.1 Å². The Balaban J connectivity index is 1.57. The van der Waals surface area contributed by atoms with E-state index in [1.807, 2.05) is 36.4 Å². The lowest BCUT2D eigenvalue weighted by molar-refractivity contribution is -0.116. The van der Waals surface area contributed by atoms with Crippen molar-refractivity contribution in [3.8, 4) is 0 Å². The molecule has 0 fully saturated rings. The zero-order chi connectivity index (χ0) is 21.0. The lowest BCUT2D eigenvalue weighted by Crippen LogP contribution is -2.27. The minimum Gasteiger partial charge on any atom is -0.352 e. The molecule has 3 aromatic rings. The van der Waals surface area contributed by atoms with Gasteiger partial charge in [0.15, 0.2) is 9.84 Å². The molecule has 2 N–H and O–H groups in total. The van der Waals surface area contributed by atoms with Gasteiger partial charge in [-0.2, -0.15) is 0 Å². The van der Waals surface area contributed by atoms with Crippen molar-refractivity contribution in [3.63, 3.8) is 0 Å². The highest BCUT2D eigenvalue weighted by Crippen LogP contribution is 2.20. The summed E-state index contributed by atoms with van der Waals surface area (Å²) in [5, 5.41) is 7.46. The number of aryl methyl sites for hydroxylation is 1. The minimum atomic E-state index is -3.36. The van der Waals surface area contributed by atoms with E-state index in [-0.39, 0.29) is 29.7 Å². The Morgan fingerprint density at radius 1 is 0.931 bits per heavy atom. The van der Waals surface area contributed by atoms with Crippen LogP contribution in [0.25, 0.3) is 10.8 Å². The Bertz CT molecular complexity index is 1190. The molecule has 0 aliphatic rings.